The van der Waals surface area contributed by atoms with Gasteiger partial charge < -0.3 is 5.32 Å². The Morgan fingerprint density at radius 3 is 2.47 bits per heavy atom. The highest BCUT2D eigenvalue weighted by atomic mass is 35.5. The van der Waals surface area contributed by atoms with Gasteiger partial charge in [-0.2, -0.15) is 0 Å². The maximum absolute atomic E-state index is 13.5. The Morgan fingerprint density at radius 2 is 1.83 bits per heavy atom. The van der Waals surface area contributed by atoms with E-state index in [1.54, 1.807) is 30.3 Å². The van der Waals surface area contributed by atoms with Crippen molar-refractivity contribution in [3.05, 3.63) is 58.1 Å². The molecule has 2 aromatic carbocycles. The van der Waals surface area contributed by atoms with Crippen LogP contribution >= 0.6 is 23.2 Å². The monoisotopic (exact) mass is 466 g/mol. The number of nitrogens with one attached hydrogen (secondary N) is 1. The van der Waals surface area contributed by atoms with E-state index >= 15 is 0 Å². The van der Waals surface area contributed by atoms with Gasteiger partial charge in [-0.1, -0.05) is 53.4 Å². The molecule has 2 aliphatic rings. The first kappa shape index (κ1) is 21.5. The summed E-state index contributed by atoms with van der Waals surface area (Å²) in [4.78, 5) is 13.0. The van der Waals surface area contributed by atoms with Gasteiger partial charge in [0.1, 0.15) is 6.54 Å². The second kappa shape index (κ2) is 8.40. The SMILES string of the molecule is Cc1ccc(S(=O)(=O)N(CC(=O)N[C@H]2C[C@H]3CC[C@H]2C3)c2cccc(Cl)c2Cl)cc1. The Balaban J connectivity index is 1.64. The number of benzene rings is 2. The average molecular weight is 467 g/mol. The first-order valence-electron chi connectivity index (χ1n) is 10.1. The third-order valence-electron chi connectivity index (χ3n) is 6.18. The molecule has 0 unspecified atom stereocenters. The van der Waals surface area contributed by atoms with Gasteiger partial charge in [-0.05, 0) is 62.3 Å². The molecule has 2 aliphatic carbocycles. The van der Waals surface area contributed by atoms with Crippen molar-refractivity contribution >= 4 is 44.8 Å². The van der Waals surface area contributed by atoms with E-state index < -0.39 is 10.0 Å². The van der Waals surface area contributed by atoms with E-state index in [-0.39, 0.29) is 39.1 Å². The summed E-state index contributed by atoms with van der Waals surface area (Å²) in [6.07, 6.45) is 4.47. The van der Waals surface area contributed by atoms with Gasteiger partial charge in [0.15, 0.2) is 0 Å². The van der Waals surface area contributed by atoms with E-state index in [0.29, 0.717) is 11.8 Å². The van der Waals surface area contributed by atoms with E-state index in [1.165, 1.54) is 18.6 Å². The number of rotatable bonds is 6. The molecule has 0 aliphatic heterocycles. The van der Waals surface area contributed by atoms with Gasteiger partial charge in [0.05, 0.1) is 20.6 Å². The largest absolute Gasteiger partial charge is 0.352 e. The lowest BCUT2D eigenvalue weighted by atomic mass is 9.95. The molecule has 0 spiro atoms. The lowest BCUT2D eigenvalue weighted by Crippen LogP contribution is -2.46. The van der Waals surface area contributed by atoms with Crippen LogP contribution in [-0.2, 0) is 14.8 Å². The molecule has 2 bridgehead atoms. The number of anilines is 1. The summed E-state index contributed by atoms with van der Waals surface area (Å²) in [5.41, 5.74) is 1.13. The molecular weight excluding hydrogens is 443 g/mol. The number of aryl methyl sites for hydroxylation is 1. The van der Waals surface area contributed by atoms with Crippen molar-refractivity contribution in [2.75, 3.05) is 10.8 Å². The summed E-state index contributed by atoms with van der Waals surface area (Å²) >= 11 is 12.5. The van der Waals surface area contributed by atoms with Crippen LogP contribution in [0.4, 0.5) is 5.69 Å². The molecule has 1 amide bonds. The summed E-state index contributed by atoms with van der Waals surface area (Å²) in [7, 11) is -4.02. The Kier molecular flexibility index (Phi) is 6.02. The van der Waals surface area contributed by atoms with Crippen molar-refractivity contribution in [2.45, 2.75) is 43.5 Å². The number of hydrogen-bond donors (Lipinski definition) is 1. The molecule has 0 saturated heterocycles. The smallest absolute Gasteiger partial charge is 0.264 e. The van der Waals surface area contributed by atoms with Crippen molar-refractivity contribution in [3.63, 3.8) is 0 Å². The number of amides is 1. The van der Waals surface area contributed by atoms with Crippen LogP contribution in [0.3, 0.4) is 0 Å². The van der Waals surface area contributed by atoms with Gasteiger partial charge >= 0.3 is 0 Å². The fraction of sp³-hybridized carbons (Fsp3) is 0.409. The van der Waals surface area contributed by atoms with Crippen LogP contribution in [-0.4, -0.2) is 26.9 Å². The zero-order valence-corrected chi connectivity index (χ0v) is 19.0. The van der Waals surface area contributed by atoms with Gasteiger partial charge in [0.2, 0.25) is 5.91 Å². The number of carbonyl (C=O) groups excluding carboxylic acids is 1. The van der Waals surface area contributed by atoms with E-state index in [9.17, 15) is 13.2 Å². The minimum atomic E-state index is -4.02. The Hall–Kier alpha value is -1.76. The molecule has 1 N–H and O–H groups in total. The zero-order valence-electron chi connectivity index (χ0n) is 16.6. The summed E-state index contributed by atoms with van der Waals surface area (Å²) in [5, 5.41) is 3.38. The van der Waals surface area contributed by atoms with Crippen LogP contribution in [0.25, 0.3) is 0 Å². The topological polar surface area (TPSA) is 66.5 Å². The molecule has 2 aromatic rings. The Morgan fingerprint density at radius 1 is 1.10 bits per heavy atom. The van der Waals surface area contributed by atoms with E-state index in [4.69, 9.17) is 23.2 Å². The predicted octanol–water partition coefficient (Wildman–Crippen LogP) is 4.80. The zero-order chi connectivity index (χ0) is 21.5. The van der Waals surface area contributed by atoms with Crippen molar-refractivity contribution in [3.8, 4) is 0 Å². The van der Waals surface area contributed by atoms with Crippen LogP contribution in [0, 0.1) is 18.8 Å². The molecule has 0 heterocycles. The lowest BCUT2D eigenvalue weighted by molar-refractivity contribution is -0.120. The van der Waals surface area contributed by atoms with E-state index in [2.05, 4.69) is 5.32 Å². The van der Waals surface area contributed by atoms with E-state index in [0.717, 1.165) is 29.1 Å². The summed E-state index contributed by atoms with van der Waals surface area (Å²) in [5.74, 6) is 0.838. The highest BCUT2D eigenvalue weighted by Gasteiger charge is 2.40. The van der Waals surface area contributed by atoms with Crippen LogP contribution < -0.4 is 9.62 Å². The molecule has 2 saturated carbocycles. The number of sulfonamides is 1. The minimum absolute atomic E-state index is 0.0943. The molecule has 0 aromatic heterocycles. The van der Waals surface area contributed by atoms with Crippen molar-refractivity contribution in [1.29, 1.82) is 0 Å². The summed E-state index contributed by atoms with van der Waals surface area (Å²) in [6.45, 7) is 1.52. The molecule has 160 valence electrons. The van der Waals surface area contributed by atoms with Gasteiger partial charge in [-0.15, -0.1) is 0 Å². The van der Waals surface area contributed by atoms with Crippen LogP contribution in [0.5, 0.6) is 0 Å². The second-order valence-electron chi connectivity index (χ2n) is 8.25. The Bertz CT molecular complexity index is 1060. The fourth-order valence-corrected chi connectivity index (χ4v) is 6.51. The lowest BCUT2D eigenvalue weighted by Gasteiger charge is -2.28. The molecule has 3 atom stereocenters. The minimum Gasteiger partial charge on any atom is -0.352 e. The van der Waals surface area contributed by atoms with Gasteiger partial charge in [0, 0.05) is 6.04 Å². The van der Waals surface area contributed by atoms with Crippen molar-refractivity contribution in [1.82, 2.24) is 5.32 Å². The van der Waals surface area contributed by atoms with Gasteiger partial charge in [-0.25, -0.2) is 8.42 Å². The van der Waals surface area contributed by atoms with Crippen molar-refractivity contribution in [2.24, 2.45) is 11.8 Å². The average Bonchev–Trinajstić information content (AvgIpc) is 3.32. The first-order valence-corrected chi connectivity index (χ1v) is 12.3. The predicted molar refractivity (Wildman–Crippen MR) is 120 cm³/mol. The highest BCUT2D eigenvalue weighted by molar-refractivity contribution is 7.92. The fourth-order valence-electron chi connectivity index (χ4n) is 4.63. The highest BCUT2D eigenvalue weighted by Crippen LogP contribution is 2.44. The van der Waals surface area contributed by atoms with Gasteiger partial charge in [-0.3, -0.25) is 9.10 Å². The maximum Gasteiger partial charge on any atom is 0.264 e. The summed E-state index contributed by atoms with van der Waals surface area (Å²) in [6, 6.07) is 11.4. The molecule has 0 radical (unpaired) electrons. The third-order valence-corrected chi connectivity index (χ3v) is 8.76. The molecule has 2 fully saturated rings. The van der Waals surface area contributed by atoms with Crippen LogP contribution in [0.15, 0.2) is 47.4 Å². The quantitative estimate of drug-likeness (QED) is 0.664. The normalized spacial score (nSPS) is 22.8. The number of nitrogens with zero attached hydrogens (tertiary/aromatic N) is 1. The molecule has 8 heteroatoms. The standard InChI is InChI=1S/C22H24Cl2N2O3S/c1-14-5-9-17(10-6-14)30(28,29)26(20-4-2-3-18(23)22(20)24)13-21(27)25-19-12-15-7-8-16(19)11-15/h2-6,9-10,15-16,19H,7-8,11-13H2,1H3,(H,25,27)/t15-,16-,19-/m0/s1. The molecule has 5 nitrogen and oxygen atoms in total. The summed E-state index contributed by atoms with van der Waals surface area (Å²) < 4.78 is 28.0. The second-order valence-corrected chi connectivity index (χ2v) is 10.9. The van der Waals surface area contributed by atoms with E-state index in [1.807, 2.05) is 6.92 Å². The number of hydrogen-bond acceptors (Lipinski definition) is 3. The first-order chi connectivity index (χ1) is 14.3. The molecule has 4 rings (SSSR count). The van der Waals surface area contributed by atoms with Crippen molar-refractivity contribution < 1.29 is 13.2 Å². The third kappa shape index (κ3) is 4.18. The van der Waals surface area contributed by atoms with Crippen LogP contribution in [0.1, 0.15) is 31.2 Å². The number of fused-ring (bicyclic) bond motifs is 2. The number of halogens is 2. The Labute approximate surface area is 187 Å². The number of carbonyl (C=O) groups is 1. The van der Waals surface area contributed by atoms with Gasteiger partial charge in [0.25, 0.3) is 10.0 Å². The molecule has 30 heavy (non-hydrogen) atoms. The molecular formula is C22H24Cl2N2O3S. The van der Waals surface area contributed by atoms with Crippen LogP contribution in [0.2, 0.25) is 10.0 Å². The maximum atomic E-state index is 13.5.